The van der Waals surface area contributed by atoms with Gasteiger partial charge in [0.05, 0.1) is 0 Å². The molecule has 0 fully saturated rings. The maximum absolute atomic E-state index is 10.6. The van der Waals surface area contributed by atoms with Gasteiger partial charge in [-0.05, 0) is 29.5 Å². The molecule has 0 radical (unpaired) electrons. The fourth-order valence-electron chi connectivity index (χ4n) is 1.72. The van der Waals surface area contributed by atoms with Gasteiger partial charge in [0.25, 0.3) is 0 Å². The lowest BCUT2D eigenvalue weighted by atomic mass is 9.87. The quantitative estimate of drug-likeness (QED) is 0.795. The van der Waals surface area contributed by atoms with Crippen LogP contribution in [0.25, 0.3) is 6.08 Å². The Hall–Kier alpha value is -1.57. The molecule has 0 atom stereocenters. The molecule has 1 N–H and O–H groups in total. The molecule has 1 aromatic carbocycles. The highest BCUT2D eigenvalue weighted by Crippen LogP contribution is 2.23. The minimum atomic E-state index is 0.0109. The molecular weight excluding hydrogens is 186 g/mol. The van der Waals surface area contributed by atoms with Crippen LogP contribution in [0, 0.1) is 0 Å². The number of carbonyl (C=O) groups excluding carboxylic acids is 1. The highest BCUT2D eigenvalue weighted by Gasteiger charge is 2.11. The monoisotopic (exact) mass is 201 g/mol. The summed E-state index contributed by atoms with van der Waals surface area (Å²) < 4.78 is 0. The minimum absolute atomic E-state index is 0.0109. The molecule has 2 heteroatoms. The van der Waals surface area contributed by atoms with Crippen molar-refractivity contribution in [2.75, 3.05) is 6.54 Å². The van der Waals surface area contributed by atoms with E-state index in [9.17, 15) is 4.79 Å². The first kappa shape index (κ1) is 9.97. The molecule has 0 aliphatic heterocycles. The third-order valence-corrected chi connectivity index (χ3v) is 2.67. The molecule has 0 spiro atoms. The number of amides is 1. The maximum atomic E-state index is 10.6. The fourth-order valence-corrected chi connectivity index (χ4v) is 1.72. The normalized spacial score (nSPS) is 13.4. The summed E-state index contributed by atoms with van der Waals surface area (Å²) in [5.74, 6) is 0.0109. The summed E-state index contributed by atoms with van der Waals surface area (Å²) in [4.78, 5) is 10.6. The maximum Gasteiger partial charge on any atom is 0.217 e. The average molecular weight is 201 g/mol. The van der Waals surface area contributed by atoms with Crippen LogP contribution in [0.2, 0.25) is 0 Å². The predicted molar refractivity (Wildman–Crippen MR) is 61.6 cm³/mol. The molecule has 78 valence electrons. The van der Waals surface area contributed by atoms with Gasteiger partial charge in [0.1, 0.15) is 0 Å². The SMILES string of the molecule is CC(=O)NCC=Cc1ccc2c(c1)CC2. The zero-order valence-corrected chi connectivity index (χ0v) is 8.92. The van der Waals surface area contributed by atoms with Crippen LogP contribution in [0.1, 0.15) is 23.6 Å². The molecule has 1 aliphatic rings. The highest BCUT2D eigenvalue weighted by molar-refractivity contribution is 5.73. The number of hydrogen-bond acceptors (Lipinski definition) is 1. The first-order valence-electron chi connectivity index (χ1n) is 5.28. The molecule has 0 saturated carbocycles. The van der Waals surface area contributed by atoms with E-state index in [2.05, 4.69) is 29.6 Å². The second-order valence-electron chi connectivity index (χ2n) is 3.87. The van der Waals surface area contributed by atoms with Crippen molar-refractivity contribution in [2.24, 2.45) is 0 Å². The van der Waals surface area contributed by atoms with Gasteiger partial charge in [-0.2, -0.15) is 0 Å². The van der Waals surface area contributed by atoms with Crippen molar-refractivity contribution in [1.29, 1.82) is 0 Å². The van der Waals surface area contributed by atoms with Crippen LogP contribution >= 0.6 is 0 Å². The Balaban J connectivity index is 1.93. The summed E-state index contributed by atoms with van der Waals surface area (Å²) in [6, 6.07) is 6.54. The summed E-state index contributed by atoms with van der Waals surface area (Å²) in [7, 11) is 0. The highest BCUT2D eigenvalue weighted by atomic mass is 16.1. The van der Waals surface area contributed by atoms with E-state index >= 15 is 0 Å². The van der Waals surface area contributed by atoms with Crippen LogP contribution in [-0.4, -0.2) is 12.5 Å². The van der Waals surface area contributed by atoms with Crippen molar-refractivity contribution in [1.82, 2.24) is 5.32 Å². The standard InChI is InChI=1S/C13H15NO/c1-10(15)14-8-2-3-11-4-5-12-6-7-13(12)9-11/h2-5,9H,6-8H2,1H3,(H,14,15). The lowest BCUT2D eigenvalue weighted by Crippen LogP contribution is -2.19. The lowest BCUT2D eigenvalue weighted by Gasteiger charge is -2.18. The topological polar surface area (TPSA) is 29.1 Å². The number of rotatable bonds is 3. The smallest absolute Gasteiger partial charge is 0.217 e. The van der Waals surface area contributed by atoms with E-state index in [1.807, 2.05) is 6.08 Å². The summed E-state index contributed by atoms with van der Waals surface area (Å²) in [5, 5.41) is 2.73. The van der Waals surface area contributed by atoms with Crippen LogP contribution < -0.4 is 5.32 Å². The molecule has 1 aliphatic carbocycles. The average Bonchev–Trinajstić information content (AvgIpc) is 2.16. The third-order valence-electron chi connectivity index (χ3n) is 2.67. The summed E-state index contributed by atoms with van der Waals surface area (Å²) in [6.45, 7) is 2.13. The predicted octanol–water partition coefficient (Wildman–Crippen LogP) is 1.93. The zero-order valence-electron chi connectivity index (χ0n) is 8.92. The Labute approximate surface area is 90.0 Å². The number of benzene rings is 1. The summed E-state index contributed by atoms with van der Waals surface area (Å²) >= 11 is 0. The minimum Gasteiger partial charge on any atom is -0.353 e. The number of hydrogen-bond donors (Lipinski definition) is 1. The van der Waals surface area contributed by atoms with Gasteiger partial charge in [0.2, 0.25) is 5.91 Å². The van der Waals surface area contributed by atoms with Crippen molar-refractivity contribution in [3.63, 3.8) is 0 Å². The van der Waals surface area contributed by atoms with Crippen molar-refractivity contribution in [3.05, 3.63) is 41.0 Å². The van der Waals surface area contributed by atoms with Crippen molar-refractivity contribution in [2.45, 2.75) is 19.8 Å². The van der Waals surface area contributed by atoms with Crippen LogP contribution in [0.3, 0.4) is 0 Å². The number of aryl methyl sites for hydroxylation is 2. The van der Waals surface area contributed by atoms with Crippen molar-refractivity contribution < 1.29 is 4.79 Å². The van der Waals surface area contributed by atoms with E-state index < -0.39 is 0 Å². The van der Waals surface area contributed by atoms with Crippen LogP contribution in [0.5, 0.6) is 0 Å². The van der Waals surface area contributed by atoms with E-state index in [1.54, 1.807) is 0 Å². The number of fused-ring (bicyclic) bond motifs is 1. The van der Waals surface area contributed by atoms with Gasteiger partial charge in [-0.15, -0.1) is 0 Å². The van der Waals surface area contributed by atoms with E-state index in [1.165, 1.54) is 36.5 Å². The molecule has 0 bridgehead atoms. The Bertz CT molecular complexity index is 407. The first-order chi connectivity index (χ1) is 7.25. The molecule has 0 unspecified atom stereocenters. The summed E-state index contributed by atoms with van der Waals surface area (Å²) in [5.41, 5.74) is 4.17. The largest absolute Gasteiger partial charge is 0.353 e. The van der Waals surface area contributed by atoms with Crippen molar-refractivity contribution >= 4 is 12.0 Å². The summed E-state index contributed by atoms with van der Waals surface area (Å²) in [6.07, 6.45) is 6.46. The Morgan fingerprint density at radius 1 is 1.40 bits per heavy atom. The lowest BCUT2D eigenvalue weighted by molar-refractivity contribution is -0.118. The van der Waals surface area contributed by atoms with E-state index in [4.69, 9.17) is 0 Å². The molecule has 0 heterocycles. The van der Waals surface area contributed by atoms with Gasteiger partial charge in [0.15, 0.2) is 0 Å². The fraction of sp³-hybridized carbons (Fsp3) is 0.308. The van der Waals surface area contributed by atoms with E-state index in [0.29, 0.717) is 6.54 Å². The van der Waals surface area contributed by atoms with Gasteiger partial charge in [-0.1, -0.05) is 30.4 Å². The molecule has 2 nitrogen and oxygen atoms in total. The Morgan fingerprint density at radius 2 is 2.20 bits per heavy atom. The van der Waals surface area contributed by atoms with Gasteiger partial charge in [-0.3, -0.25) is 4.79 Å². The van der Waals surface area contributed by atoms with Gasteiger partial charge in [-0.25, -0.2) is 0 Å². The molecule has 1 aromatic rings. The van der Waals surface area contributed by atoms with Crippen LogP contribution in [0.15, 0.2) is 24.3 Å². The van der Waals surface area contributed by atoms with Gasteiger partial charge in [0, 0.05) is 13.5 Å². The molecular formula is C13H15NO. The molecule has 2 rings (SSSR count). The molecule has 0 saturated heterocycles. The zero-order chi connectivity index (χ0) is 10.7. The molecule has 1 amide bonds. The molecule has 0 aromatic heterocycles. The Kier molecular flexibility index (Phi) is 2.86. The van der Waals surface area contributed by atoms with Gasteiger partial charge < -0.3 is 5.32 Å². The van der Waals surface area contributed by atoms with E-state index in [-0.39, 0.29) is 5.91 Å². The first-order valence-corrected chi connectivity index (χ1v) is 5.28. The van der Waals surface area contributed by atoms with Crippen LogP contribution in [0.4, 0.5) is 0 Å². The third kappa shape index (κ3) is 2.46. The van der Waals surface area contributed by atoms with Crippen molar-refractivity contribution in [3.8, 4) is 0 Å². The number of nitrogens with one attached hydrogen (secondary N) is 1. The van der Waals surface area contributed by atoms with Gasteiger partial charge >= 0.3 is 0 Å². The Morgan fingerprint density at radius 3 is 2.80 bits per heavy atom. The number of carbonyl (C=O) groups is 1. The second kappa shape index (κ2) is 4.30. The second-order valence-corrected chi connectivity index (χ2v) is 3.87. The van der Waals surface area contributed by atoms with Crippen LogP contribution in [-0.2, 0) is 17.6 Å². The molecule has 15 heavy (non-hydrogen) atoms. The van der Waals surface area contributed by atoms with E-state index in [0.717, 1.165) is 0 Å².